The topological polar surface area (TPSA) is 61.4 Å². The van der Waals surface area contributed by atoms with Crippen molar-refractivity contribution in [3.05, 3.63) is 59.2 Å². The maximum absolute atomic E-state index is 12.6. The average molecular weight is 365 g/mol. The normalized spacial score (nSPS) is 13.3. The Labute approximate surface area is 160 Å². The maximum atomic E-state index is 12.6. The minimum absolute atomic E-state index is 0.146. The summed E-state index contributed by atoms with van der Waals surface area (Å²) in [4.78, 5) is 27.0. The van der Waals surface area contributed by atoms with Crippen LogP contribution in [0.25, 0.3) is 0 Å². The molecule has 5 heteroatoms. The third-order valence-electron chi connectivity index (χ3n) is 4.61. The molecule has 0 spiro atoms. The monoisotopic (exact) mass is 365 g/mol. The Hall–Kier alpha value is -2.82. The Balaban J connectivity index is 1.69. The average Bonchev–Trinajstić information content (AvgIpc) is 3.02. The number of benzene rings is 2. The summed E-state index contributed by atoms with van der Waals surface area (Å²) < 4.78 is 0. The first-order valence-electron chi connectivity index (χ1n) is 9.38. The second-order valence-corrected chi connectivity index (χ2v) is 7.91. The minimum Gasteiger partial charge on any atom is -0.371 e. The number of likely N-dealkylation sites (N-methyl/N-ethyl adjacent to an activating group) is 1. The Kier molecular flexibility index (Phi) is 5.22. The van der Waals surface area contributed by atoms with Crippen LogP contribution in [0.2, 0.25) is 0 Å². The zero-order valence-corrected chi connectivity index (χ0v) is 16.4. The lowest BCUT2D eigenvalue weighted by Gasteiger charge is -2.20. The Morgan fingerprint density at radius 1 is 1.00 bits per heavy atom. The molecule has 0 unspecified atom stereocenters. The number of fused-ring (bicyclic) bond motifs is 1. The number of anilines is 2. The van der Waals surface area contributed by atoms with Gasteiger partial charge in [-0.2, -0.15) is 0 Å². The van der Waals surface area contributed by atoms with Gasteiger partial charge in [-0.3, -0.25) is 9.59 Å². The van der Waals surface area contributed by atoms with E-state index >= 15 is 0 Å². The number of hydrogen-bond acceptors (Lipinski definition) is 3. The standard InChI is InChI=1S/C22H27N3O2/c1-5-25-13-12-15-10-11-18(14-19(15)25)23-20(26)16-6-8-17(9-7-16)21(27)24-22(2,3)4/h6-11,14H,5,12-13H2,1-4H3,(H,23,26)(H,24,27). The van der Waals surface area contributed by atoms with E-state index in [0.29, 0.717) is 11.1 Å². The van der Waals surface area contributed by atoms with Crippen molar-refractivity contribution < 1.29 is 9.59 Å². The first-order chi connectivity index (χ1) is 12.8. The summed E-state index contributed by atoms with van der Waals surface area (Å²) in [6.07, 6.45) is 1.05. The van der Waals surface area contributed by atoms with Gasteiger partial charge in [0.25, 0.3) is 11.8 Å². The molecule has 0 atom stereocenters. The molecule has 27 heavy (non-hydrogen) atoms. The summed E-state index contributed by atoms with van der Waals surface area (Å²) in [7, 11) is 0. The maximum Gasteiger partial charge on any atom is 0.255 e. The molecule has 0 bridgehead atoms. The van der Waals surface area contributed by atoms with Crippen LogP contribution < -0.4 is 15.5 Å². The minimum atomic E-state index is -0.299. The van der Waals surface area contributed by atoms with Crippen molar-refractivity contribution in [3.63, 3.8) is 0 Å². The van der Waals surface area contributed by atoms with Crippen molar-refractivity contribution in [3.8, 4) is 0 Å². The van der Waals surface area contributed by atoms with Gasteiger partial charge in [0.15, 0.2) is 0 Å². The predicted octanol–water partition coefficient (Wildman–Crippen LogP) is 3.85. The molecule has 1 aliphatic heterocycles. The van der Waals surface area contributed by atoms with Crippen LogP contribution >= 0.6 is 0 Å². The van der Waals surface area contributed by atoms with Crippen molar-refractivity contribution in [2.24, 2.45) is 0 Å². The van der Waals surface area contributed by atoms with Gasteiger partial charge in [0.1, 0.15) is 0 Å². The fourth-order valence-electron chi connectivity index (χ4n) is 3.24. The van der Waals surface area contributed by atoms with E-state index in [0.717, 1.165) is 25.2 Å². The van der Waals surface area contributed by atoms with Crippen LogP contribution in [0.4, 0.5) is 11.4 Å². The van der Waals surface area contributed by atoms with Gasteiger partial charge >= 0.3 is 0 Å². The molecule has 2 amide bonds. The number of amides is 2. The lowest BCUT2D eigenvalue weighted by molar-refractivity contribution is 0.0918. The van der Waals surface area contributed by atoms with Crippen LogP contribution in [-0.4, -0.2) is 30.4 Å². The van der Waals surface area contributed by atoms with Crippen LogP contribution in [0.3, 0.4) is 0 Å². The van der Waals surface area contributed by atoms with Gasteiger partial charge < -0.3 is 15.5 Å². The number of nitrogens with one attached hydrogen (secondary N) is 2. The molecule has 0 saturated carbocycles. The van der Waals surface area contributed by atoms with Gasteiger partial charge in [-0.1, -0.05) is 6.07 Å². The number of nitrogens with zero attached hydrogens (tertiary/aromatic N) is 1. The summed E-state index contributed by atoms with van der Waals surface area (Å²) in [6, 6.07) is 12.8. The second kappa shape index (κ2) is 7.43. The van der Waals surface area contributed by atoms with E-state index in [9.17, 15) is 9.59 Å². The molecule has 2 aromatic carbocycles. The largest absolute Gasteiger partial charge is 0.371 e. The molecular formula is C22H27N3O2. The molecule has 0 aromatic heterocycles. The Morgan fingerprint density at radius 2 is 1.63 bits per heavy atom. The lowest BCUT2D eigenvalue weighted by Crippen LogP contribution is -2.40. The quantitative estimate of drug-likeness (QED) is 0.865. The highest BCUT2D eigenvalue weighted by molar-refractivity contribution is 6.05. The van der Waals surface area contributed by atoms with E-state index in [-0.39, 0.29) is 17.4 Å². The SMILES string of the molecule is CCN1CCc2ccc(NC(=O)c3ccc(C(=O)NC(C)(C)C)cc3)cc21. The van der Waals surface area contributed by atoms with E-state index in [1.165, 1.54) is 11.3 Å². The third-order valence-corrected chi connectivity index (χ3v) is 4.61. The van der Waals surface area contributed by atoms with Gasteiger partial charge in [-0.15, -0.1) is 0 Å². The van der Waals surface area contributed by atoms with Crippen molar-refractivity contribution in [1.82, 2.24) is 5.32 Å². The van der Waals surface area contributed by atoms with Crippen LogP contribution in [0.5, 0.6) is 0 Å². The second-order valence-electron chi connectivity index (χ2n) is 7.91. The first-order valence-corrected chi connectivity index (χ1v) is 9.38. The molecule has 2 N–H and O–H groups in total. The van der Waals surface area contributed by atoms with Gasteiger partial charge in [0.05, 0.1) is 0 Å². The highest BCUT2D eigenvalue weighted by Crippen LogP contribution is 2.30. The number of rotatable bonds is 4. The molecule has 2 aromatic rings. The van der Waals surface area contributed by atoms with E-state index in [1.54, 1.807) is 24.3 Å². The highest BCUT2D eigenvalue weighted by atomic mass is 16.2. The highest BCUT2D eigenvalue weighted by Gasteiger charge is 2.19. The molecule has 0 fully saturated rings. The molecule has 1 heterocycles. The third kappa shape index (κ3) is 4.48. The molecule has 0 saturated heterocycles. The van der Waals surface area contributed by atoms with Gasteiger partial charge in [-0.05, 0) is 76.1 Å². The van der Waals surface area contributed by atoms with Gasteiger partial charge in [-0.25, -0.2) is 0 Å². The van der Waals surface area contributed by atoms with E-state index in [4.69, 9.17) is 0 Å². The summed E-state index contributed by atoms with van der Waals surface area (Å²) in [5, 5.41) is 5.87. The van der Waals surface area contributed by atoms with Crippen LogP contribution in [0.15, 0.2) is 42.5 Å². The number of carbonyl (C=O) groups is 2. The number of carbonyl (C=O) groups excluding carboxylic acids is 2. The summed E-state index contributed by atoms with van der Waals surface area (Å²) >= 11 is 0. The first kappa shape index (κ1) is 19.0. The Morgan fingerprint density at radius 3 is 2.22 bits per heavy atom. The van der Waals surface area contributed by atoms with Crippen LogP contribution in [-0.2, 0) is 6.42 Å². The summed E-state index contributed by atoms with van der Waals surface area (Å²) in [6.45, 7) is 9.93. The van der Waals surface area contributed by atoms with Crippen molar-refractivity contribution in [2.75, 3.05) is 23.3 Å². The van der Waals surface area contributed by atoms with E-state index in [2.05, 4.69) is 28.5 Å². The molecule has 3 rings (SSSR count). The predicted molar refractivity (Wildman–Crippen MR) is 110 cm³/mol. The van der Waals surface area contributed by atoms with E-state index in [1.807, 2.05) is 32.9 Å². The molecular weight excluding hydrogens is 338 g/mol. The smallest absolute Gasteiger partial charge is 0.255 e. The van der Waals surface area contributed by atoms with Crippen molar-refractivity contribution in [2.45, 2.75) is 39.7 Å². The molecule has 0 radical (unpaired) electrons. The van der Waals surface area contributed by atoms with Crippen LogP contribution in [0.1, 0.15) is 54.0 Å². The fraction of sp³-hybridized carbons (Fsp3) is 0.364. The van der Waals surface area contributed by atoms with E-state index < -0.39 is 0 Å². The molecule has 142 valence electrons. The van der Waals surface area contributed by atoms with Crippen molar-refractivity contribution in [1.29, 1.82) is 0 Å². The lowest BCUT2D eigenvalue weighted by atomic mass is 10.1. The summed E-state index contributed by atoms with van der Waals surface area (Å²) in [5.74, 6) is -0.327. The summed E-state index contributed by atoms with van der Waals surface area (Å²) in [5.41, 5.74) is 4.07. The fourth-order valence-corrected chi connectivity index (χ4v) is 3.24. The molecule has 5 nitrogen and oxygen atoms in total. The zero-order valence-electron chi connectivity index (χ0n) is 16.4. The molecule has 0 aliphatic carbocycles. The van der Waals surface area contributed by atoms with Gasteiger partial charge in [0.2, 0.25) is 0 Å². The zero-order chi connectivity index (χ0) is 19.6. The Bertz CT molecular complexity index is 851. The molecule has 1 aliphatic rings. The van der Waals surface area contributed by atoms with Crippen molar-refractivity contribution >= 4 is 23.2 Å². The van der Waals surface area contributed by atoms with Gasteiger partial charge in [0, 0.05) is 41.1 Å². The van der Waals surface area contributed by atoms with Crippen LogP contribution in [0, 0.1) is 0 Å². The number of hydrogen-bond donors (Lipinski definition) is 2.